The largest absolute Gasteiger partial charge is 0.378 e. The summed E-state index contributed by atoms with van der Waals surface area (Å²) in [5.74, 6) is 1.22. The highest BCUT2D eigenvalue weighted by Gasteiger charge is 2.15. The lowest BCUT2D eigenvalue weighted by molar-refractivity contribution is 0.122. The Kier molecular flexibility index (Phi) is 5.35. The number of hydrogen-bond donors (Lipinski definition) is 1. The van der Waals surface area contributed by atoms with Gasteiger partial charge in [0, 0.05) is 43.8 Å². The third-order valence-corrected chi connectivity index (χ3v) is 5.46. The van der Waals surface area contributed by atoms with E-state index in [2.05, 4.69) is 51.3 Å². The van der Waals surface area contributed by atoms with Crippen molar-refractivity contribution in [2.75, 3.05) is 36.5 Å². The van der Waals surface area contributed by atoms with Crippen molar-refractivity contribution in [3.63, 3.8) is 0 Å². The first-order valence-electron chi connectivity index (χ1n) is 9.79. The first-order valence-corrected chi connectivity index (χ1v) is 10.6. The van der Waals surface area contributed by atoms with Gasteiger partial charge in [-0.25, -0.2) is 14.6 Å². The Hall–Kier alpha value is -3.31. The Labute approximate surface area is 187 Å². The van der Waals surface area contributed by atoms with Crippen LogP contribution in [0.15, 0.2) is 53.7 Å². The Balaban J connectivity index is 1.31. The molecule has 4 heterocycles. The van der Waals surface area contributed by atoms with E-state index in [0.29, 0.717) is 19.2 Å². The molecule has 1 saturated heterocycles. The van der Waals surface area contributed by atoms with E-state index in [0.717, 1.165) is 46.1 Å². The Morgan fingerprint density at radius 3 is 2.61 bits per heavy atom. The molecule has 1 fully saturated rings. The second-order valence-electron chi connectivity index (χ2n) is 7.05. The van der Waals surface area contributed by atoms with E-state index in [1.54, 1.807) is 28.1 Å². The molecule has 4 aromatic rings. The molecular weight excluding hydrogens is 462 g/mol. The number of anilines is 3. The van der Waals surface area contributed by atoms with Gasteiger partial charge in [0.1, 0.15) is 6.33 Å². The van der Waals surface area contributed by atoms with Crippen molar-refractivity contribution < 1.29 is 4.74 Å². The molecular formula is C20H20BrN9O. The van der Waals surface area contributed by atoms with Gasteiger partial charge in [0.25, 0.3) is 0 Å². The van der Waals surface area contributed by atoms with E-state index in [-0.39, 0.29) is 0 Å². The number of nitrogens with one attached hydrogen (secondary N) is 1. The number of ether oxygens (including phenoxy) is 1. The van der Waals surface area contributed by atoms with Crippen LogP contribution >= 0.6 is 15.9 Å². The summed E-state index contributed by atoms with van der Waals surface area (Å²) < 4.78 is 9.71. The van der Waals surface area contributed by atoms with Gasteiger partial charge in [0.05, 0.1) is 35.3 Å². The van der Waals surface area contributed by atoms with Gasteiger partial charge in [-0.2, -0.15) is 10.1 Å². The summed E-state index contributed by atoms with van der Waals surface area (Å²) >= 11 is 3.51. The van der Waals surface area contributed by atoms with Gasteiger partial charge < -0.3 is 15.0 Å². The zero-order valence-electron chi connectivity index (χ0n) is 16.8. The first-order chi connectivity index (χ1) is 15.2. The molecule has 3 aromatic heterocycles. The Morgan fingerprint density at radius 1 is 1.06 bits per heavy atom. The van der Waals surface area contributed by atoms with Crippen LogP contribution in [0.4, 0.5) is 17.6 Å². The third kappa shape index (κ3) is 4.28. The van der Waals surface area contributed by atoms with Crippen LogP contribution in [0.25, 0.3) is 16.9 Å². The molecule has 1 aromatic carbocycles. The summed E-state index contributed by atoms with van der Waals surface area (Å²) in [7, 11) is 1.87. The molecule has 0 spiro atoms. The highest BCUT2D eigenvalue weighted by atomic mass is 79.9. The zero-order chi connectivity index (χ0) is 21.2. The smallest absolute Gasteiger partial charge is 0.245 e. The lowest BCUT2D eigenvalue weighted by atomic mass is 10.2. The molecule has 0 radical (unpaired) electrons. The lowest BCUT2D eigenvalue weighted by Crippen LogP contribution is -2.37. The second-order valence-corrected chi connectivity index (χ2v) is 7.91. The molecule has 0 atom stereocenters. The SMILES string of the molecule is Cn1cc(-c2nc(Nc3ccc(-n4cnc(N5CCOCC5)n4)cc3)ncc2Br)cn1. The van der Waals surface area contributed by atoms with Crippen molar-refractivity contribution in [3.05, 3.63) is 53.7 Å². The molecule has 158 valence electrons. The molecule has 0 bridgehead atoms. The van der Waals surface area contributed by atoms with Crippen LogP contribution in [0.2, 0.25) is 0 Å². The van der Waals surface area contributed by atoms with Crippen molar-refractivity contribution in [3.8, 4) is 16.9 Å². The number of hydrogen-bond acceptors (Lipinski definition) is 8. The van der Waals surface area contributed by atoms with Gasteiger partial charge in [-0.15, -0.1) is 5.10 Å². The molecule has 10 nitrogen and oxygen atoms in total. The molecule has 1 N–H and O–H groups in total. The minimum Gasteiger partial charge on any atom is -0.378 e. The maximum atomic E-state index is 5.39. The number of rotatable bonds is 5. The number of halogens is 1. The van der Waals surface area contributed by atoms with E-state index in [1.165, 1.54) is 0 Å². The number of benzene rings is 1. The highest BCUT2D eigenvalue weighted by molar-refractivity contribution is 9.10. The molecule has 1 aliphatic heterocycles. The van der Waals surface area contributed by atoms with Gasteiger partial charge in [0.15, 0.2) is 0 Å². The normalized spacial score (nSPS) is 14.1. The van der Waals surface area contributed by atoms with Crippen molar-refractivity contribution in [1.29, 1.82) is 0 Å². The van der Waals surface area contributed by atoms with Crippen molar-refractivity contribution >= 4 is 33.5 Å². The molecule has 11 heteroatoms. The summed E-state index contributed by atoms with van der Waals surface area (Å²) in [6.45, 7) is 3.02. The molecule has 0 saturated carbocycles. The topological polar surface area (TPSA) is 98.8 Å². The fourth-order valence-electron chi connectivity index (χ4n) is 3.29. The van der Waals surface area contributed by atoms with E-state index in [4.69, 9.17) is 4.74 Å². The maximum Gasteiger partial charge on any atom is 0.245 e. The summed E-state index contributed by atoms with van der Waals surface area (Å²) in [5, 5.41) is 12.0. The molecule has 1 aliphatic rings. The van der Waals surface area contributed by atoms with Crippen LogP contribution in [-0.4, -0.2) is 60.8 Å². The fraction of sp³-hybridized carbons (Fsp3) is 0.250. The van der Waals surface area contributed by atoms with Crippen LogP contribution in [0.5, 0.6) is 0 Å². The summed E-state index contributed by atoms with van der Waals surface area (Å²) in [6.07, 6.45) is 7.14. The van der Waals surface area contributed by atoms with Crippen LogP contribution in [0, 0.1) is 0 Å². The monoisotopic (exact) mass is 481 g/mol. The fourth-order valence-corrected chi connectivity index (χ4v) is 3.71. The quantitative estimate of drug-likeness (QED) is 0.464. The lowest BCUT2D eigenvalue weighted by Gasteiger charge is -2.25. The maximum absolute atomic E-state index is 5.39. The standard InChI is InChI=1S/C20H20BrN9O/c1-28-12-14(10-24-28)18-17(21)11-22-19(26-18)25-15-2-4-16(5-3-15)30-13-23-20(27-30)29-6-8-31-9-7-29/h2-5,10-13H,6-9H2,1H3,(H,22,25,26). The summed E-state index contributed by atoms with van der Waals surface area (Å²) in [6, 6.07) is 7.86. The van der Waals surface area contributed by atoms with E-state index in [9.17, 15) is 0 Å². The average Bonchev–Trinajstić information content (AvgIpc) is 3.46. The van der Waals surface area contributed by atoms with Crippen LogP contribution in [0.3, 0.4) is 0 Å². The van der Waals surface area contributed by atoms with Crippen LogP contribution < -0.4 is 10.2 Å². The summed E-state index contributed by atoms with van der Waals surface area (Å²) in [5.41, 5.74) is 3.49. The van der Waals surface area contributed by atoms with Gasteiger partial charge >= 0.3 is 0 Å². The predicted molar refractivity (Wildman–Crippen MR) is 120 cm³/mol. The Morgan fingerprint density at radius 2 is 1.87 bits per heavy atom. The van der Waals surface area contributed by atoms with E-state index < -0.39 is 0 Å². The van der Waals surface area contributed by atoms with Crippen molar-refractivity contribution in [2.45, 2.75) is 0 Å². The zero-order valence-corrected chi connectivity index (χ0v) is 18.4. The van der Waals surface area contributed by atoms with Gasteiger partial charge in [0.2, 0.25) is 11.9 Å². The average molecular weight is 482 g/mol. The van der Waals surface area contributed by atoms with Crippen LogP contribution in [-0.2, 0) is 11.8 Å². The van der Waals surface area contributed by atoms with Crippen molar-refractivity contribution in [2.24, 2.45) is 7.05 Å². The third-order valence-electron chi connectivity index (χ3n) is 4.88. The number of aryl methyl sites for hydroxylation is 1. The minimum absolute atomic E-state index is 0.505. The molecule has 0 aliphatic carbocycles. The highest BCUT2D eigenvalue weighted by Crippen LogP contribution is 2.27. The number of morpholine rings is 1. The molecule has 0 amide bonds. The second kappa shape index (κ2) is 8.44. The van der Waals surface area contributed by atoms with E-state index >= 15 is 0 Å². The summed E-state index contributed by atoms with van der Waals surface area (Å²) in [4.78, 5) is 15.5. The minimum atomic E-state index is 0.505. The Bertz CT molecular complexity index is 1180. The van der Waals surface area contributed by atoms with E-state index in [1.807, 2.05) is 37.5 Å². The number of nitrogens with zero attached hydrogens (tertiary/aromatic N) is 8. The molecule has 31 heavy (non-hydrogen) atoms. The number of aromatic nitrogens is 7. The van der Waals surface area contributed by atoms with Crippen molar-refractivity contribution in [1.82, 2.24) is 34.5 Å². The van der Waals surface area contributed by atoms with Gasteiger partial charge in [-0.05, 0) is 40.2 Å². The molecule has 0 unspecified atom stereocenters. The first kappa shape index (κ1) is 19.6. The van der Waals surface area contributed by atoms with Crippen LogP contribution in [0.1, 0.15) is 0 Å². The van der Waals surface area contributed by atoms with Gasteiger partial charge in [-0.3, -0.25) is 4.68 Å². The van der Waals surface area contributed by atoms with Gasteiger partial charge in [-0.1, -0.05) is 0 Å². The molecule has 5 rings (SSSR count). The predicted octanol–water partition coefficient (Wildman–Crippen LogP) is 2.80.